The average molecular weight is 378 g/mol. The van der Waals surface area contributed by atoms with Crippen molar-refractivity contribution in [2.45, 2.75) is 31.3 Å². The van der Waals surface area contributed by atoms with Crippen LogP contribution in [0.2, 0.25) is 0 Å². The number of fused-ring (bicyclic) bond motifs is 1. The van der Waals surface area contributed by atoms with Crippen LogP contribution in [-0.2, 0) is 12.8 Å². The van der Waals surface area contributed by atoms with Gasteiger partial charge in [0.25, 0.3) is 0 Å². The van der Waals surface area contributed by atoms with Crippen molar-refractivity contribution in [1.82, 2.24) is 9.80 Å². The fourth-order valence-electron chi connectivity index (χ4n) is 4.14. The first-order chi connectivity index (χ1) is 13.2. The number of amides is 1. The molecular weight excluding hydrogens is 354 g/mol. The molecule has 0 saturated carbocycles. The molecule has 2 aromatic carbocycles. The van der Waals surface area contributed by atoms with Gasteiger partial charge in [0.1, 0.15) is 0 Å². The molecule has 2 unspecified atom stereocenters. The van der Waals surface area contributed by atoms with Gasteiger partial charge >= 0.3 is 0 Å². The van der Waals surface area contributed by atoms with Gasteiger partial charge in [0, 0.05) is 29.4 Å². The van der Waals surface area contributed by atoms with Gasteiger partial charge in [0.05, 0.1) is 12.7 Å². The second-order valence-corrected chi connectivity index (χ2v) is 7.44. The van der Waals surface area contributed by atoms with E-state index in [2.05, 4.69) is 46.5 Å². The molecule has 138 valence electrons. The first-order valence-electron chi connectivity index (χ1n) is 9.28. The van der Waals surface area contributed by atoms with Crippen LogP contribution < -0.4 is 5.73 Å². The van der Waals surface area contributed by atoms with Crippen molar-refractivity contribution in [2.24, 2.45) is 5.73 Å². The topological polar surface area (TPSA) is 49.6 Å². The molecule has 2 aromatic rings. The van der Waals surface area contributed by atoms with Crippen LogP contribution in [0, 0.1) is 0 Å². The molecule has 0 saturated heterocycles. The number of primary amides is 1. The molecule has 5 heteroatoms. The lowest BCUT2D eigenvalue weighted by Gasteiger charge is -2.35. The number of rotatable bonds is 5. The normalized spacial score (nSPS) is 19.6. The highest BCUT2D eigenvalue weighted by molar-refractivity contribution is 7.79. The zero-order chi connectivity index (χ0) is 18.8. The molecule has 0 spiro atoms. The highest BCUT2D eigenvalue weighted by atomic mass is 32.1. The third-order valence-electron chi connectivity index (χ3n) is 5.60. The quantitative estimate of drug-likeness (QED) is 0.811. The molecule has 1 aliphatic carbocycles. The minimum Gasteiger partial charge on any atom is -0.366 e. The van der Waals surface area contributed by atoms with Gasteiger partial charge in [-0.3, -0.25) is 4.79 Å². The van der Waals surface area contributed by atoms with Gasteiger partial charge in [0.15, 0.2) is 0 Å². The summed E-state index contributed by atoms with van der Waals surface area (Å²) in [6.45, 7) is 0.762. The van der Waals surface area contributed by atoms with Gasteiger partial charge < -0.3 is 15.5 Å². The van der Waals surface area contributed by atoms with E-state index in [0.717, 1.165) is 31.5 Å². The summed E-state index contributed by atoms with van der Waals surface area (Å²) in [6.07, 6.45) is 7.55. The summed E-state index contributed by atoms with van der Waals surface area (Å²) in [5.41, 5.74) is 9.88. The van der Waals surface area contributed by atoms with E-state index in [9.17, 15) is 4.79 Å². The molecular formula is C22H23N3OS. The highest BCUT2D eigenvalue weighted by Gasteiger charge is 2.29. The SMILES string of the molecule is NC(=O)c1ccccc1C(C=S)N1C=CN(C2CCc3ccccc3C2)C1. The zero-order valence-corrected chi connectivity index (χ0v) is 15.9. The molecule has 0 radical (unpaired) electrons. The van der Waals surface area contributed by atoms with Gasteiger partial charge in [-0.2, -0.15) is 0 Å². The minimum absolute atomic E-state index is 0.152. The molecule has 1 amide bonds. The van der Waals surface area contributed by atoms with Crippen molar-refractivity contribution in [3.05, 3.63) is 83.2 Å². The predicted octanol–water partition coefficient (Wildman–Crippen LogP) is 3.43. The van der Waals surface area contributed by atoms with Gasteiger partial charge in [-0.1, -0.05) is 54.7 Å². The molecule has 2 atom stereocenters. The number of hydrogen-bond acceptors (Lipinski definition) is 4. The summed E-state index contributed by atoms with van der Waals surface area (Å²) in [4.78, 5) is 16.4. The Hall–Kier alpha value is -2.66. The second-order valence-electron chi connectivity index (χ2n) is 7.17. The summed E-state index contributed by atoms with van der Waals surface area (Å²) in [5.74, 6) is -0.420. The fourth-order valence-corrected chi connectivity index (χ4v) is 4.45. The number of carbonyl (C=O) groups excluding carboxylic acids is 1. The van der Waals surface area contributed by atoms with Crippen LogP contribution in [0.3, 0.4) is 0 Å². The Morgan fingerprint density at radius 1 is 1.11 bits per heavy atom. The van der Waals surface area contributed by atoms with E-state index in [1.807, 2.05) is 18.2 Å². The molecule has 2 N–H and O–H groups in total. The number of nitrogens with two attached hydrogens (primary N) is 1. The van der Waals surface area contributed by atoms with E-state index >= 15 is 0 Å². The van der Waals surface area contributed by atoms with Crippen LogP contribution >= 0.6 is 12.2 Å². The number of hydrogen-bond donors (Lipinski definition) is 1. The maximum Gasteiger partial charge on any atom is 0.249 e. The Kier molecular flexibility index (Phi) is 4.94. The fraction of sp³-hybridized carbons (Fsp3) is 0.273. The van der Waals surface area contributed by atoms with E-state index in [4.69, 9.17) is 18.0 Å². The number of nitrogens with zero attached hydrogens (tertiary/aromatic N) is 2. The molecule has 1 aliphatic heterocycles. The molecule has 4 nitrogen and oxygen atoms in total. The lowest BCUT2D eigenvalue weighted by atomic mass is 9.88. The Morgan fingerprint density at radius 2 is 1.85 bits per heavy atom. The van der Waals surface area contributed by atoms with Gasteiger partial charge in [-0.15, -0.1) is 0 Å². The summed E-state index contributed by atoms with van der Waals surface area (Å²) in [7, 11) is 0. The lowest BCUT2D eigenvalue weighted by molar-refractivity contribution is 0.0998. The molecule has 1 heterocycles. The first kappa shape index (κ1) is 17.7. The van der Waals surface area contributed by atoms with Crippen molar-refractivity contribution in [3.63, 3.8) is 0 Å². The number of benzene rings is 2. The summed E-state index contributed by atoms with van der Waals surface area (Å²) in [6, 6.07) is 16.5. The molecule has 0 aromatic heterocycles. The maximum atomic E-state index is 11.8. The van der Waals surface area contributed by atoms with E-state index in [-0.39, 0.29) is 6.04 Å². The average Bonchev–Trinajstić information content (AvgIpc) is 3.18. The Labute approximate surface area is 165 Å². The molecule has 2 aliphatic rings. The van der Waals surface area contributed by atoms with Crippen LogP contribution in [0.4, 0.5) is 0 Å². The third kappa shape index (κ3) is 3.47. The maximum absolute atomic E-state index is 11.8. The summed E-state index contributed by atoms with van der Waals surface area (Å²) < 4.78 is 0. The van der Waals surface area contributed by atoms with Crippen LogP contribution in [0.15, 0.2) is 60.9 Å². The Bertz CT molecular complexity index is 895. The van der Waals surface area contributed by atoms with Crippen LogP contribution in [-0.4, -0.2) is 33.8 Å². The number of thiocarbonyl (C=S) groups is 1. The van der Waals surface area contributed by atoms with Crippen molar-refractivity contribution in [2.75, 3.05) is 6.67 Å². The van der Waals surface area contributed by atoms with Crippen molar-refractivity contribution >= 4 is 23.5 Å². The zero-order valence-electron chi connectivity index (χ0n) is 15.1. The van der Waals surface area contributed by atoms with Gasteiger partial charge in [0.2, 0.25) is 5.91 Å². The lowest BCUT2D eigenvalue weighted by Crippen LogP contribution is -2.39. The van der Waals surface area contributed by atoms with Crippen molar-refractivity contribution in [1.29, 1.82) is 0 Å². The van der Waals surface area contributed by atoms with Crippen molar-refractivity contribution in [3.8, 4) is 0 Å². The number of carbonyl (C=O) groups is 1. The smallest absolute Gasteiger partial charge is 0.249 e. The molecule has 27 heavy (non-hydrogen) atoms. The van der Waals surface area contributed by atoms with E-state index in [1.165, 1.54) is 11.1 Å². The third-order valence-corrected chi connectivity index (χ3v) is 5.85. The standard InChI is InChI=1S/C22H23N3OS/c23-22(26)20-8-4-3-7-19(20)21(14-27)25-12-11-24(15-25)18-10-9-16-5-1-2-6-17(16)13-18/h1-8,11-12,14,18,21H,9-10,13,15H2,(H2,23,26). The van der Waals surface area contributed by atoms with E-state index in [0.29, 0.717) is 11.6 Å². The summed E-state index contributed by atoms with van der Waals surface area (Å²) in [5, 5.41) is 1.71. The largest absolute Gasteiger partial charge is 0.366 e. The van der Waals surface area contributed by atoms with Gasteiger partial charge in [-0.25, -0.2) is 0 Å². The molecule has 4 rings (SSSR count). The van der Waals surface area contributed by atoms with Crippen LogP contribution in [0.5, 0.6) is 0 Å². The van der Waals surface area contributed by atoms with Gasteiger partial charge in [-0.05, 0) is 42.0 Å². The second kappa shape index (κ2) is 7.53. The first-order valence-corrected chi connectivity index (χ1v) is 9.75. The van der Waals surface area contributed by atoms with Crippen LogP contribution in [0.1, 0.15) is 39.5 Å². The molecule has 0 fully saturated rings. The van der Waals surface area contributed by atoms with Crippen molar-refractivity contribution < 1.29 is 4.79 Å². The Morgan fingerprint density at radius 3 is 2.63 bits per heavy atom. The van der Waals surface area contributed by atoms with Crippen LogP contribution in [0.25, 0.3) is 0 Å². The van der Waals surface area contributed by atoms with E-state index in [1.54, 1.807) is 11.4 Å². The minimum atomic E-state index is -0.420. The summed E-state index contributed by atoms with van der Waals surface area (Å²) >= 11 is 5.31. The van der Waals surface area contributed by atoms with E-state index < -0.39 is 5.91 Å². The highest BCUT2D eigenvalue weighted by Crippen LogP contribution is 2.30. The monoisotopic (exact) mass is 377 g/mol. The molecule has 0 bridgehead atoms. The Balaban J connectivity index is 1.50. The number of aryl methyl sites for hydroxylation is 1. The predicted molar refractivity (Wildman–Crippen MR) is 111 cm³/mol.